The van der Waals surface area contributed by atoms with Gasteiger partial charge in [-0.25, -0.2) is 9.59 Å². The van der Waals surface area contributed by atoms with Crippen LogP contribution < -0.4 is 10.3 Å². The van der Waals surface area contributed by atoms with Crippen LogP contribution in [-0.4, -0.2) is 63.3 Å². The highest BCUT2D eigenvalue weighted by molar-refractivity contribution is 6.74. The zero-order valence-electron chi connectivity index (χ0n) is 26.2. The maximum atomic E-state index is 13.9. The second kappa shape index (κ2) is 12.8. The predicted molar refractivity (Wildman–Crippen MR) is 164 cm³/mol. The van der Waals surface area contributed by atoms with Gasteiger partial charge in [-0.05, 0) is 74.7 Å². The summed E-state index contributed by atoms with van der Waals surface area (Å²) in [6.07, 6.45) is -6.00. The number of fused-ring (bicyclic) bond motifs is 1. The Hall–Kier alpha value is -4.04. The summed E-state index contributed by atoms with van der Waals surface area (Å²) >= 11 is 0. The van der Waals surface area contributed by atoms with Crippen molar-refractivity contribution < 1.29 is 47.2 Å². The van der Waals surface area contributed by atoms with Crippen molar-refractivity contribution in [3.8, 4) is 11.5 Å². The Morgan fingerprint density at radius 1 is 1.00 bits per heavy atom. The lowest BCUT2D eigenvalue weighted by molar-refractivity contribution is -0.275. The number of hydrogen-bond donors (Lipinski definition) is 4. The van der Waals surface area contributed by atoms with E-state index in [1.165, 1.54) is 23.1 Å². The molecular formula is C31H39F3N2O8Si. The minimum absolute atomic E-state index is 0.0456. The van der Waals surface area contributed by atoms with Gasteiger partial charge in [-0.1, -0.05) is 32.9 Å². The highest BCUT2D eigenvalue weighted by Gasteiger charge is 2.44. The van der Waals surface area contributed by atoms with Crippen LogP contribution in [0.2, 0.25) is 17.6 Å². The van der Waals surface area contributed by atoms with Crippen LogP contribution in [0.1, 0.15) is 63.0 Å². The van der Waals surface area contributed by atoms with Crippen molar-refractivity contribution in [3.05, 3.63) is 69.5 Å². The number of carboxylic acid groups (broad SMARTS) is 1. The number of amides is 1. The third-order valence-electron chi connectivity index (χ3n) is 7.62. The Kier molecular flexibility index (Phi) is 10.0. The van der Waals surface area contributed by atoms with Crippen LogP contribution in [0.15, 0.2) is 47.3 Å². The number of ether oxygens (including phenoxy) is 2. The van der Waals surface area contributed by atoms with Crippen LogP contribution in [0, 0.1) is 0 Å². The number of carboxylic acids is 1. The van der Waals surface area contributed by atoms with Gasteiger partial charge in [-0.3, -0.25) is 4.79 Å². The Balaban J connectivity index is 2.25. The summed E-state index contributed by atoms with van der Waals surface area (Å²) in [6, 6.07) is 7.92. The topological polar surface area (TPSA) is 149 Å². The van der Waals surface area contributed by atoms with Crippen LogP contribution in [-0.2, 0) is 17.7 Å². The summed E-state index contributed by atoms with van der Waals surface area (Å²) in [4.78, 5) is 53.0. The number of aromatic amines is 1. The normalized spacial score (nSPS) is 14.5. The van der Waals surface area contributed by atoms with Crippen molar-refractivity contribution >= 4 is 31.3 Å². The number of nitrogens with zero attached hydrogens (tertiary/aromatic N) is 1. The van der Waals surface area contributed by atoms with Gasteiger partial charge >= 0.3 is 18.4 Å². The molecule has 1 amide bonds. The average molecular weight is 653 g/mol. The van der Waals surface area contributed by atoms with Gasteiger partial charge in [0.05, 0.1) is 17.6 Å². The maximum Gasteiger partial charge on any atom is 0.573 e. The summed E-state index contributed by atoms with van der Waals surface area (Å²) < 4.78 is 50.2. The first-order valence-electron chi connectivity index (χ1n) is 14.2. The standard InChI is InChI=1S/C31H39F3N2O8Si/c1-29(2,3)44-28(41)36(16-20-9-8-19(27(39)40)15-24(20)43-31(32,33)34)21(17-45(7,42)30(4,5)6)14-18-10-12-23(37)26-22(18)11-13-25(38)35-26/h8-13,15,21,37,42H,14,16-17H2,1-7H3,(H,35,38)(H,39,40). The minimum Gasteiger partial charge on any atom is -0.506 e. The van der Waals surface area contributed by atoms with E-state index < -0.39 is 66.8 Å². The number of halogens is 3. The zero-order chi connectivity index (χ0) is 34.1. The van der Waals surface area contributed by atoms with Crippen LogP contribution in [0.25, 0.3) is 10.9 Å². The number of nitrogens with one attached hydrogen (secondary N) is 1. The molecule has 0 aliphatic heterocycles. The molecule has 0 fully saturated rings. The van der Waals surface area contributed by atoms with Gasteiger partial charge < -0.3 is 34.4 Å². The van der Waals surface area contributed by atoms with E-state index in [4.69, 9.17) is 4.74 Å². The number of hydrogen-bond acceptors (Lipinski definition) is 7. The first-order valence-corrected chi connectivity index (χ1v) is 16.8. The monoisotopic (exact) mass is 652 g/mol. The number of benzene rings is 2. The Bertz CT molecular complexity index is 1620. The molecule has 0 bridgehead atoms. The van der Waals surface area contributed by atoms with E-state index in [2.05, 4.69) is 9.72 Å². The summed E-state index contributed by atoms with van der Waals surface area (Å²) in [5.41, 5.74) is -1.33. The van der Waals surface area contributed by atoms with Crippen molar-refractivity contribution in [2.24, 2.45) is 0 Å². The fourth-order valence-electron chi connectivity index (χ4n) is 4.67. The van der Waals surface area contributed by atoms with E-state index >= 15 is 0 Å². The molecular weight excluding hydrogens is 613 g/mol. The summed E-state index contributed by atoms with van der Waals surface area (Å²) in [7, 11) is -3.21. The molecule has 0 saturated heterocycles. The van der Waals surface area contributed by atoms with Crippen molar-refractivity contribution in [2.45, 2.75) is 90.1 Å². The first kappa shape index (κ1) is 35.4. The Morgan fingerprint density at radius 2 is 1.62 bits per heavy atom. The number of aromatic hydroxyl groups is 1. The van der Waals surface area contributed by atoms with Crippen LogP contribution >= 0.6 is 0 Å². The largest absolute Gasteiger partial charge is 0.573 e. The van der Waals surface area contributed by atoms with E-state index in [1.54, 1.807) is 33.4 Å². The molecule has 0 aliphatic rings. The van der Waals surface area contributed by atoms with Gasteiger partial charge in [0.1, 0.15) is 17.1 Å². The van der Waals surface area contributed by atoms with Gasteiger partial charge in [0.25, 0.3) is 0 Å². The van der Waals surface area contributed by atoms with Gasteiger partial charge in [0.15, 0.2) is 8.32 Å². The van der Waals surface area contributed by atoms with Gasteiger partial charge in [0.2, 0.25) is 5.56 Å². The second-order valence-electron chi connectivity index (χ2n) is 13.2. The number of pyridine rings is 1. The van der Waals surface area contributed by atoms with Crippen molar-refractivity contribution in [2.75, 3.05) is 0 Å². The van der Waals surface area contributed by atoms with E-state index in [0.29, 0.717) is 10.9 Å². The molecule has 10 nitrogen and oxygen atoms in total. The van der Waals surface area contributed by atoms with E-state index in [0.717, 1.165) is 18.2 Å². The predicted octanol–water partition coefficient (Wildman–Crippen LogP) is 6.55. The first-order chi connectivity index (χ1) is 20.5. The molecule has 2 aromatic carbocycles. The third-order valence-corrected chi connectivity index (χ3v) is 12.1. The number of aromatic carboxylic acids is 1. The molecule has 3 rings (SSSR count). The summed E-state index contributed by atoms with van der Waals surface area (Å²) in [5, 5.41) is 19.7. The fourth-order valence-corrected chi connectivity index (χ4v) is 6.57. The second-order valence-corrected chi connectivity index (χ2v) is 17.7. The lowest BCUT2D eigenvalue weighted by Crippen LogP contribution is -2.51. The number of phenolic OH excluding ortho intramolecular Hbond substituents is 1. The highest BCUT2D eigenvalue weighted by Crippen LogP contribution is 2.40. The number of rotatable bonds is 9. The lowest BCUT2D eigenvalue weighted by atomic mass is 10.00. The summed E-state index contributed by atoms with van der Waals surface area (Å²) in [6.45, 7) is 11.7. The smallest absolute Gasteiger partial charge is 0.506 e. The highest BCUT2D eigenvalue weighted by atomic mass is 28.4. The molecule has 1 aromatic heterocycles. The summed E-state index contributed by atoms with van der Waals surface area (Å²) in [5.74, 6) is -2.46. The quantitative estimate of drug-likeness (QED) is 0.190. The molecule has 0 spiro atoms. The molecule has 14 heteroatoms. The fraction of sp³-hybridized carbons (Fsp3) is 0.452. The number of carbonyl (C=O) groups excluding carboxylic acids is 1. The van der Waals surface area contributed by atoms with Gasteiger partial charge in [-0.2, -0.15) is 0 Å². The molecule has 0 aliphatic carbocycles. The number of carbonyl (C=O) groups is 2. The van der Waals surface area contributed by atoms with Crippen LogP contribution in [0.4, 0.5) is 18.0 Å². The third kappa shape index (κ3) is 9.23. The van der Waals surface area contributed by atoms with Crippen molar-refractivity contribution in [1.29, 1.82) is 0 Å². The molecule has 0 radical (unpaired) electrons. The number of alkyl halides is 3. The van der Waals surface area contributed by atoms with Crippen molar-refractivity contribution in [1.82, 2.24) is 9.88 Å². The minimum atomic E-state index is -5.16. The van der Waals surface area contributed by atoms with E-state index in [-0.39, 0.29) is 29.3 Å². The average Bonchev–Trinajstić information content (AvgIpc) is 2.86. The molecule has 2 unspecified atom stereocenters. The molecule has 3 aromatic rings. The molecule has 4 N–H and O–H groups in total. The molecule has 0 saturated carbocycles. The zero-order valence-corrected chi connectivity index (χ0v) is 27.2. The molecule has 1 heterocycles. The SMILES string of the molecule is CC(C)(C)OC(=O)N(Cc1ccc(C(=O)O)cc1OC(F)(F)F)C(Cc1ccc(O)c2[nH]c(=O)ccc12)C[Si](C)(O)C(C)(C)C. The van der Waals surface area contributed by atoms with Crippen molar-refractivity contribution in [3.63, 3.8) is 0 Å². The van der Waals surface area contributed by atoms with E-state index in [9.17, 15) is 42.6 Å². The van der Waals surface area contributed by atoms with Gasteiger partial charge in [0, 0.05) is 23.1 Å². The lowest BCUT2D eigenvalue weighted by Gasteiger charge is -2.41. The molecule has 2 atom stereocenters. The Labute approximate surface area is 259 Å². The van der Waals surface area contributed by atoms with Crippen LogP contribution in [0.5, 0.6) is 11.5 Å². The van der Waals surface area contributed by atoms with E-state index in [1.807, 2.05) is 20.8 Å². The number of phenols is 1. The Morgan fingerprint density at radius 3 is 2.18 bits per heavy atom. The van der Waals surface area contributed by atoms with Gasteiger partial charge in [-0.15, -0.1) is 13.2 Å². The maximum absolute atomic E-state index is 13.9. The van der Waals surface area contributed by atoms with Crippen LogP contribution in [0.3, 0.4) is 0 Å². The molecule has 45 heavy (non-hydrogen) atoms. The number of H-pyrrole nitrogens is 1. The molecule has 246 valence electrons. The number of aromatic nitrogens is 1.